The first-order valence-electron chi connectivity index (χ1n) is 2.67. The van der Waals surface area contributed by atoms with Crippen LogP contribution in [0.4, 0.5) is 0 Å². The molecule has 0 rings (SSSR count). The molecule has 54 valence electrons. The lowest BCUT2D eigenvalue weighted by atomic mass is 10.2. The maximum absolute atomic E-state index is 5.74. The second-order valence-electron chi connectivity index (χ2n) is 1.65. The predicted octanol–water partition coefficient (Wildman–Crippen LogP) is 2.91. The molecule has 2 heteroatoms. The molecule has 3 N–H and O–H groups in total. The van der Waals surface area contributed by atoms with Crippen LogP contribution in [-0.2, 0) is 0 Å². The molecule has 0 saturated heterocycles. The van der Waals surface area contributed by atoms with E-state index in [0.29, 0.717) is 0 Å². The Hall–Kier alpha value is -0.270. The van der Waals surface area contributed by atoms with Gasteiger partial charge >= 0.3 is 0 Å². The Labute approximate surface area is 62.0 Å². The first-order chi connectivity index (χ1) is 3.81. The van der Waals surface area contributed by atoms with E-state index in [1.165, 1.54) is 0 Å². The third-order valence-corrected chi connectivity index (χ3v) is 1.20. The van der Waals surface area contributed by atoms with Crippen molar-refractivity contribution < 1.29 is 0 Å². The van der Waals surface area contributed by atoms with Gasteiger partial charge in [0.15, 0.2) is 0 Å². The van der Waals surface area contributed by atoms with Gasteiger partial charge in [0.1, 0.15) is 0 Å². The highest BCUT2D eigenvalue weighted by Gasteiger charge is 1.95. The van der Waals surface area contributed by atoms with Crippen molar-refractivity contribution in [2.75, 3.05) is 0 Å². The van der Waals surface area contributed by atoms with Crippen LogP contribution in [0.5, 0.6) is 0 Å². The highest BCUT2D eigenvalue weighted by Crippen LogP contribution is 2.06. The quantitative estimate of drug-likeness (QED) is 0.482. The number of rotatable bonds is 4. The molecule has 0 aromatic heterocycles. The van der Waals surface area contributed by atoms with Gasteiger partial charge in [-0.05, 0) is 12.8 Å². The van der Waals surface area contributed by atoms with E-state index < -0.39 is 0 Å². The summed E-state index contributed by atoms with van der Waals surface area (Å²) in [6.45, 7) is 7.13. The summed E-state index contributed by atoms with van der Waals surface area (Å²) < 4.78 is 0. The maximum Gasteiger partial charge on any atom is 0.0404 e. The van der Waals surface area contributed by atoms with Crippen molar-refractivity contribution in [2.45, 2.75) is 18.2 Å². The molecule has 0 aromatic carbocycles. The molecule has 0 aromatic rings. The van der Waals surface area contributed by atoms with Crippen molar-refractivity contribution >= 4 is 11.6 Å². The highest BCUT2D eigenvalue weighted by molar-refractivity contribution is 6.20. The standard InChI is InChI=1S/C7H11Cl.H3N/c1-3-5-7(8)6-4-2;/h3-4,7H,1-2,5-6H2;1H3. The first kappa shape index (κ1) is 11.5. The summed E-state index contributed by atoms with van der Waals surface area (Å²) >= 11 is 5.74. The molecule has 0 heterocycles. The van der Waals surface area contributed by atoms with Crippen molar-refractivity contribution in [1.82, 2.24) is 6.15 Å². The van der Waals surface area contributed by atoms with Crippen LogP contribution < -0.4 is 6.15 Å². The van der Waals surface area contributed by atoms with Gasteiger partial charge < -0.3 is 6.15 Å². The lowest BCUT2D eigenvalue weighted by Gasteiger charge is -1.98. The van der Waals surface area contributed by atoms with E-state index in [1.807, 2.05) is 12.2 Å². The van der Waals surface area contributed by atoms with Gasteiger partial charge in [-0.25, -0.2) is 0 Å². The van der Waals surface area contributed by atoms with Crippen molar-refractivity contribution in [3.8, 4) is 0 Å². The van der Waals surface area contributed by atoms with Crippen molar-refractivity contribution in [3.63, 3.8) is 0 Å². The summed E-state index contributed by atoms with van der Waals surface area (Å²) in [5, 5.41) is 0.199. The van der Waals surface area contributed by atoms with Gasteiger partial charge in [0.25, 0.3) is 0 Å². The van der Waals surface area contributed by atoms with Crippen LogP contribution >= 0.6 is 11.6 Å². The Kier molecular flexibility index (Phi) is 9.89. The van der Waals surface area contributed by atoms with Crippen LogP contribution in [-0.4, -0.2) is 5.38 Å². The molecule has 0 spiro atoms. The van der Waals surface area contributed by atoms with E-state index in [1.54, 1.807) is 0 Å². The molecule has 0 fully saturated rings. The highest BCUT2D eigenvalue weighted by atomic mass is 35.5. The number of allylic oxidation sites excluding steroid dienone is 2. The Bertz CT molecular complexity index is 71.0. The molecule has 0 saturated carbocycles. The van der Waals surface area contributed by atoms with Crippen molar-refractivity contribution in [2.24, 2.45) is 0 Å². The minimum absolute atomic E-state index is 0. The van der Waals surface area contributed by atoms with Crippen LogP contribution in [0, 0.1) is 0 Å². The smallest absolute Gasteiger partial charge is 0.0404 e. The monoisotopic (exact) mass is 147 g/mol. The second kappa shape index (κ2) is 7.73. The molecule has 0 unspecified atom stereocenters. The molecular formula is C7H14ClN. The Morgan fingerprint density at radius 1 is 1.22 bits per heavy atom. The molecule has 9 heavy (non-hydrogen) atoms. The number of hydrogen-bond acceptors (Lipinski definition) is 1. The zero-order valence-corrected chi connectivity index (χ0v) is 6.40. The lowest BCUT2D eigenvalue weighted by Crippen LogP contribution is -1.91. The molecule has 0 amide bonds. The molecule has 0 bridgehead atoms. The Balaban J connectivity index is 0. The first-order valence-corrected chi connectivity index (χ1v) is 3.10. The summed E-state index contributed by atoms with van der Waals surface area (Å²) in [5.41, 5.74) is 0. The molecule has 1 nitrogen and oxygen atoms in total. The summed E-state index contributed by atoms with van der Waals surface area (Å²) in [5.74, 6) is 0. The van der Waals surface area contributed by atoms with Gasteiger partial charge in [0, 0.05) is 5.38 Å². The minimum atomic E-state index is 0. The molecular weight excluding hydrogens is 134 g/mol. The Morgan fingerprint density at radius 3 is 1.78 bits per heavy atom. The molecule has 0 aliphatic rings. The predicted molar refractivity (Wildman–Crippen MR) is 44.3 cm³/mol. The fourth-order valence-electron chi connectivity index (χ4n) is 0.458. The van der Waals surface area contributed by atoms with Crippen LogP contribution in [0.2, 0.25) is 0 Å². The minimum Gasteiger partial charge on any atom is -0.344 e. The fourth-order valence-corrected chi connectivity index (χ4v) is 0.710. The normalized spacial score (nSPS) is 8.22. The van der Waals surface area contributed by atoms with E-state index in [2.05, 4.69) is 13.2 Å². The molecule has 0 atom stereocenters. The maximum atomic E-state index is 5.74. The largest absolute Gasteiger partial charge is 0.344 e. The van der Waals surface area contributed by atoms with Gasteiger partial charge in [0.2, 0.25) is 0 Å². The van der Waals surface area contributed by atoms with Crippen molar-refractivity contribution in [3.05, 3.63) is 25.3 Å². The topological polar surface area (TPSA) is 35.0 Å². The van der Waals surface area contributed by atoms with Gasteiger partial charge in [-0.15, -0.1) is 24.8 Å². The average Bonchev–Trinajstić information content (AvgIpc) is 1.68. The Morgan fingerprint density at radius 2 is 1.56 bits per heavy atom. The van der Waals surface area contributed by atoms with Gasteiger partial charge in [0.05, 0.1) is 0 Å². The van der Waals surface area contributed by atoms with Crippen LogP contribution in [0.25, 0.3) is 0 Å². The molecule has 0 radical (unpaired) electrons. The molecule has 0 aliphatic carbocycles. The van der Waals surface area contributed by atoms with Gasteiger partial charge in [-0.1, -0.05) is 12.2 Å². The van der Waals surface area contributed by atoms with Crippen molar-refractivity contribution in [1.29, 1.82) is 0 Å². The third kappa shape index (κ3) is 7.73. The molecule has 0 aliphatic heterocycles. The fraction of sp³-hybridized carbons (Fsp3) is 0.429. The van der Waals surface area contributed by atoms with Crippen LogP contribution in [0.1, 0.15) is 12.8 Å². The third-order valence-electron chi connectivity index (χ3n) is 0.845. The van der Waals surface area contributed by atoms with E-state index in [9.17, 15) is 0 Å². The van der Waals surface area contributed by atoms with Crippen LogP contribution in [0.15, 0.2) is 25.3 Å². The number of halogens is 1. The van der Waals surface area contributed by atoms with E-state index >= 15 is 0 Å². The number of alkyl halides is 1. The van der Waals surface area contributed by atoms with E-state index in [-0.39, 0.29) is 11.5 Å². The summed E-state index contributed by atoms with van der Waals surface area (Å²) in [6, 6.07) is 0. The van der Waals surface area contributed by atoms with E-state index in [0.717, 1.165) is 12.8 Å². The average molecular weight is 148 g/mol. The lowest BCUT2D eigenvalue weighted by molar-refractivity contribution is 0.882. The summed E-state index contributed by atoms with van der Waals surface area (Å²) in [6.07, 6.45) is 5.38. The SMILES string of the molecule is C=CCC(Cl)CC=C.N. The zero-order chi connectivity index (χ0) is 6.41. The van der Waals surface area contributed by atoms with E-state index in [4.69, 9.17) is 11.6 Å². The summed E-state index contributed by atoms with van der Waals surface area (Å²) in [7, 11) is 0. The van der Waals surface area contributed by atoms with Crippen LogP contribution in [0.3, 0.4) is 0 Å². The van der Waals surface area contributed by atoms with Gasteiger partial charge in [-0.2, -0.15) is 0 Å². The number of hydrogen-bond donors (Lipinski definition) is 1. The second-order valence-corrected chi connectivity index (χ2v) is 2.26. The summed E-state index contributed by atoms with van der Waals surface area (Å²) in [4.78, 5) is 0. The zero-order valence-electron chi connectivity index (χ0n) is 5.65. The van der Waals surface area contributed by atoms with Gasteiger partial charge in [-0.3, -0.25) is 0 Å².